The lowest BCUT2D eigenvalue weighted by Crippen LogP contribution is -2.46. The van der Waals surface area contributed by atoms with Crippen LogP contribution in [0, 0.1) is 5.82 Å². The van der Waals surface area contributed by atoms with Gasteiger partial charge in [-0.2, -0.15) is 0 Å². The molecule has 0 aliphatic heterocycles. The largest absolute Gasteiger partial charge is 0.354 e. The Bertz CT molecular complexity index is 704. The molecule has 2 aromatic carbocycles. The monoisotopic (exact) mass is 348 g/mol. The minimum atomic E-state index is -0.619. The van der Waals surface area contributed by atoms with Crippen molar-refractivity contribution >= 4 is 17.5 Å². The van der Waals surface area contributed by atoms with Gasteiger partial charge in [0.05, 0.1) is 6.04 Å². The van der Waals surface area contributed by atoms with Crippen LogP contribution in [0.4, 0.5) is 4.39 Å². The quantitative estimate of drug-likeness (QED) is 0.840. The molecule has 1 amide bonds. The van der Waals surface area contributed by atoms with Gasteiger partial charge in [-0.15, -0.1) is 0 Å². The van der Waals surface area contributed by atoms with Gasteiger partial charge in [-0.05, 0) is 29.7 Å². The van der Waals surface area contributed by atoms with Gasteiger partial charge in [0.15, 0.2) is 0 Å². The summed E-state index contributed by atoms with van der Waals surface area (Å²) in [4.78, 5) is 12.2. The summed E-state index contributed by atoms with van der Waals surface area (Å²) in [5.41, 5.74) is 7.34. The van der Waals surface area contributed by atoms with Crippen LogP contribution in [0.5, 0.6) is 0 Å². The maximum Gasteiger partial charge on any atom is 0.237 e. The number of hydrogen-bond donors (Lipinski definition) is 2. The average molecular weight is 349 g/mol. The van der Waals surface area contributed by atoms with E-state index in [-0.39, 0.29) is 11.7 Å². The fraction of sp³-hybridized carbons (Fsp3) is 0.316. The third kappa shape index (κ3) is 4.79. The first-order valence-corrected chi connectivity index (χ1v) is 8.20. The summed E-state index contributed by atoms with van der Waals surface area (Å²) in [7, 11) is 0. The van der Waals surface area contributed by atoms with E-state index in [1.54, 1.807) is 6.07 Å². The maximum absolute atomic E-state index is 13.2. The van der Waals surface area contributed by atoms with Gasteiger partial charge in [-0.3, -0.25) is 4.79 Å². The van der Waals surface area contributed by atoms with Crippen molar-refractivity contribution in [1.29, 1.82) is 0 Å². The van der Waals surface area contributed by atoms with E-state index < -0.39 is 11.5 Å². The van der Waals surface area contributed by atoms with E-state index in [0.717, 1.165) is 11.1 Å². The van der Waals surface area contributed by atoms with Gasteiger partial charge in [0.1, 0.15) is 5.82 Å². The molecule has 0 saturated heterocycles. The van der Waals surface area contributed by atoms with E-state index >= 15 is 0 Å². The van der Waals surface area contributed by atoms with E-state index in [9.17, 15) is 9.18 Å². The first-order valence-electron chi connectivity index (χ1n) is 7.82. The predicted octanol–water partition coefficient (Wildman–Crippen LogP) is 3.44. The van der Waals surface area contributed by atoms with Crippen molar-refractivity contribution in [3.63, 3.8) is 0 Å². The molecule has 3 N–H and O–H groups in total. The Morgan fingerprint density at radius 3 is 2.54 bits per heavy atom. The van der Waals surface area contributed by atoms with Crippen molar-refractivity contribution in [3.05, 3.63) is 70.5 Å². The molecule has 0 saturated carbocycles. The van der Waals surface area contributed by atoms with Crippen LogP contribution < -0.4 is 11.1 Å². The predicted molar refractivity (Wildman–Crippen MR) is 95.6 cm³/mol. The molecule has 0 unspecified atom stereocenters. The molecule has 0 heterocycles. The maximum atomic E-state index is 13.2. The van der Waals surface area contributed by atoms with E-state index in [4.69, 9.17) is 17.3 Å². The molecule has 0 aliphatic rings. The van der Waals surface area contributed by atoms with Crippen LogP contribution in [0.3, 0.4) is 0 Å². The Kier molecular flexibility index (Phi) is 5.97. The lowest BCUT2D eigenvalue weighted by atomic mass is 9.84. The zero-order valence-corrected chi connectivity index (χ0v) is 14.6. The first-order chi connectivity index (χ1) is 11.3. The van der Waals surface area contributed by atoms with Crippen LogP contribution in [-0.4, -0.2) is 18.5 Å². The number of amides is 1. The summed E-state index contributed by atoms with van der Waals surface area (Å²) in [5, 5.41) is 3.22. The standard InChI is InChI=1S/C19H22ClFN2O/c1-19(2,15-9-8-14(21)11-16(15)20)12-23-18(24)17(22)10-13-6-4-3-5-7-13/h3-9,11,17H,10,12,22H2,1-2H3,(H,23,24)/t17-/m0/s1. The summed E-state index contributed by atoms with van der Waals surface area (Å²) >= 11 is 6.12. The molecule has 0 aliphatic carbocycles. The third-order valence-corrected chi connectivity index (χ3v) is 4.31. The van der Waals surface area contributed by atoms with Gasteiger partial charge in [-0.1, -0.05) is 61.8 Å². The molecular weight excluding hydrogens is 327 g/mol. The first kappa shape index (κ1) is 18.4. The number of benzene rings is 2. The Balaban J connectivity index is 1.96. The second-order valence-electron chi connectivity index (χ2n) is 6.52. The van der Waals surface area contributed by atoms with Crippen molar-refractivity contribution < 1.29 is 9.18 Å². The van der Waals surface area contributed by atoms with E-state index in [1.165, 1.54) is 12.1 Å². The third-order valence-electron chi connectivity index (χ3n) is 4.00. The molecule has 0 fully saturated rings. The summed E-state index contributed by atoms with van der Waals surface area (Å²) in [6.07, 6.45) is 0.477. The zero-order chi connectivity index (χ0) is 17.7. The molecule has 2 aromatic rings. The average Bonchev–Trinajstić information content (AvgIpc) is 2.53. The van der Waals surface area contributed by atoms with Gasteiger partial charge < -0.3 is 11.1 Å². The van der Waals surface area contributed by atoms with Crippen LogP contribution in [-0.2, 0) is 16.6 Å². The minimum absolute atomic E-state index is 0.217. The Hall–Kier alpha value is -1.91. The van der Waals surface area contributed by atoms with Gasteiger partial charge in [0, 0.05) is 17.0 Å². The number of nitrogens with two attached hydrogens (primary N) is 1. The van der Waals surface area contributed by atoms with Crippen molar-refractivity contribution in [2.24, 2.45) is 5.73 Å². The highest BCUT2D eigenvalue weighted by Gasteiger charge is 2.25. The Labute approximate surface area is 147 Å². The zero-order valence-electron chi connectivity index (χ0n) is 13.9. The SMILES string of the molecule is CC(C)(CNC(=O)[C@@H](N)Cc1ccccc1)c1ccc(F)cc1Cl. The van der Waals surface area contributed by atoms with Crippen molar-refractivity contribution in [3.8, 4) is 0 Å². The Morgan fingerprint density at radius 2 is 1.92 bits per heavy atom. The molecule has 0 spiro atoms. The van der Waals surface area contributed by atoms with Crippen molar-refractivity contribution in [1.82, 2.24) is 5.32 Å². The lowest BCUT2D eigenvalue weighted by molar-refractivity contribution is -0.122. The van der Waals surface area contributed by atoms with Gasteiger partial charge in [0.2, 0.25) is 5.91 Å². The second-order valence-corrected chi connectivity index (χ2v) is 6.93. The van der Waals surface area contributed by atoms with Gasteiger partial charge in [-0.25, -0.2) is 4.39 Å². The number of carbonyl (C=O) groups is 1. The lowest BCUT2D eigenvalue weighted by Gasteiger charge is -2.27. The van der Waals surface area contributed by atoms with Crippen LogP contribution in [0.15, 0.2) is 48.5 Å². The molecule has 5 heteroatoms. The smallest absolute Gasteiger partial charge is 0.237 e. The number of hydrogen-bond acceptors (Lipinski definition) is 2. The van der Waals surface area contributed by atoms with Crippen LogP contribution in [0.1, 0.15) is 25.0 Å². The van der Waals surface area contributed by atoms with Gasteiger partial charge in [0.25, 0.3) is 0 Å². The van der Waals surface area contributed by atoms with Crippen LogP contribution in [0.25, 0.3) is 0 Å². The second kappa shape index (κ2) is 7.77. The molecule has 0 aromatic heterocycles. The van der Waals surface area contributed by atoms with Crippen LogP contribution >= 0.6 is 11.6 Å². The number of halogens is 2. The summed E-state index contributed by atoms with van der Waals surface area (Å²) < 4.78 is 13.2. The van der Waals surface area contributed by atoms with Crippen molar-refractivity contribution in [2.45, 2.75) is 31.7 Å². The molecule has 1 atom stereocenters. The summed E-state index contributed by atoms with van der Waals surface area (Å²) in [6, 6.07) is 13.3. The summed E-state index contributed by atoms with van der Waals surface area (Å²) in [6.45, 7) is 4.24. The molecule has 3 nitrogen and oxygen atoms in total. The van der Waals surface area contributed by atoms with E-state index in [2.05, 4.69) is 5.32 Å². The topological polar surface area (TPSA) is 55.1 Å². The Morgan fingerprint density at radius 1 is 1.25 bits per heavy atom. The minimum Gasteiger partial charge on any atom is -0.354 e. The molecule has 2 rings (SSSR count). The van der Waals surface area contributed by atoms with Gasteiger partial charge >= 0.3 is 0 Å². The summed E-state index contributed by atoms with van der Waals surface area (Å²) in [5.74, 6) is -0.598. The van der Waals surface area contributed by atoms with Crippen molar-refractivity contribution in [2.75, 3.05) is 6.54 Å². The highest BCUT2D eigenvalue weighted by Crippen LogP contribution is 2.29. The van der Waals surface area contributed by atoms with Crippen LogP contribution in [0.2, 0.25) is 5.02 Å². The molecule has 24 heavy (non-hydrogen) atoms. The number of rotatable bonds is 6. The molecule has 0 radical (unpaired) electrons. The number of nitrogens with one attached hydrogen (secondary N) is 1. The highest BCUT2D eigenvalue weighted by atomic mass is 35.5. The molecule has 0 bridgehead atoms. The molecule has 128 valence electrons. The fourth-order valence-electron chi connectivity index (χ4n) is 2.53. The number of carbonyl (C=O) groups excluding carboxylic acids is 1. The van der Waals surface area contributed by atoms with E-state index in [1.807, 2.05) is 44.2 Å². The highest BCUT2D eigenvalue weighted by molar-refractivity contribution is 6.31. The fourth-order valence-corrected chi connectivity index (χ4v) is 2.96. The van der Waals surface area contributed by atoms with E-state index in [0.29, 0.717) is 18.0 Å². The normalized spacial score (nSPS) is 12.7. The molecular formula is C19H22ClFN2O.